The molecule has 15 heavy (non-hydrogen) atoms. The van der Waals surface area contributed by atoms with Gasteiger partial charge in [0.25, 0.3) is 0 Å². The molecule has 0 saturated carbocycles. The van der Waals surface area contributed by atoms with Crippen LogP contribution < -0.4 is 5.32 Å². The van der Waals surface area contributed by atoms with Gasteiger partial charge >= 0.3 is 0 Å². The second-order valence-electron chi connectivity index (χ2n) is 4.29. The van der Waals surface area contributed by atoms with Crippen molar-refractivity contribution in [2.45, 2.75) is 32.4 Å². The average Bonchev–Trinajstić information content (AvgIpc) is 2.77. The lowest BCUT2D eigenvalue weighted by molar-refractivity contribution is 0.300. The summed E-state index contributed by atoms with van der Waals surface area (Å²) in [5.41, 5.74) is 1.13. The van der Waals surface area contributed by atoms with E-state index in [0.29, 0.717) is 0 Å². The predicted octanol–water partition coefficient (Wildman–Crippen LogP) is 1.64. The van der Waals surface area contributed by atoms with Crippen LogP contribution in [0, 0.1) is 6.92 Å². The van der Waals surface area contributed by atoms with E-state index in [-0.39, 0.29) is 0 Å². The van der Waals surface area contributed by atoms with Crippen LogP contribution in [-0.4, -0.2) is 36.1 Å². The van der Waals surface area contributed by atoms with Crippen LogP contribution in [0.1, 0.15) is 23.5 Å². The molecule has 0 aliphatic carbocycles. The van der Waals surface area contributed by atoms with Gasteiger partial charge in [-0.25, -0.2) is 4.98 Å². The topological polar surface area (TPSA) is 28.2 Å². The van der Waals surface area contributed by atoms with Crippen molar-refractivity contribution in [3.05, 3.63) is 16.1 Å². The van der Waals surface area contributed by atoms with Gasteiger partial charge in [0.05, 0.1) is 0 Å². The van der Waals surface area contributed by atoms with E-state index in [1.807, 2.05) is 6.92 Å². The summed E-state index contributed by atoms with van der Waals surface area (Å²) >= 11 is 1.75. The summed E-state index contributed by atoms with van der Waals surface area (Å²) in [7, 11) is 2.22. The van der Waals surface area contributed by atoms with Crippen LogP contribution in [0.2, 0.25) is 0 Å². The molecule has 4 heteroatoms. The third-order valence-electron chi connectivity index (χ3n) is 2.99. The van der Waals surface area contributed by atoms with E-state index in [1.165, 1.54) is 24.4 Å². The Labute approximate surface area is 95.5 Å². The fourth-order valence-electron chi connectivity index (χ4n) is 2.07. The molecule has 1 unspecified atom stereocenters. The van der Waals surface area contributed by atoms with Crippen molar-refractivity contribution in [2.75, 3.05) is 20.1 Å². The van der Waals surface area contributed by atoms with Crippen LogP contribution in [0.3, 0.4) is 0 Å². The van der Waals surface area contributed by atoms with Crippen LogP contribution in [0.25, 0.3) is 0 Å². The van der Waals surface area contributed by atoms with Crippen LogP contribution in [0.5, 0.6) is 0 Å². The molecule has 0 amide bonds. The standard InChI is InChI=1S/C11H19N3S/c1-9-8-15-11(13-9)7-12-6-10-4-3-5-14(10)2/h8,10,12H,3-7H2,1-2H3. The SMILES string of the molecule is Cc1csc(CNCC2CCCN2C)n1. The average molecular weight is 225 g/mol. The van der Waals surface area contributed by atoms with Crippen molar-refractivity contribution >= 4 is 11.3 Å². The van der Waals surface area contributed by atoms with Crippen molar-refractivity contribution in [3.8, 4) is 0 Å². The van der Waals surface area contributed by atoms with Crippen molar-refractivity contribution in [3.63, 3.8) is 0 Å². The molecule has 1 fully saturated rings. The first-order valence-corrected chi connectivity index (χ1v) is 6.45. The molecule has 0 aromatic carbocycles. The van der Waals surface area contributed by atoms with Gasteiger partial charge in [0, 0.05) is 30.2 Å². The number of likely N-dealkylation sites (tertiary alicyclic amines) is 1. The van der Waals surface area contributed by atoms with Crippen molar-refractivity contribution < 1.29 is 0 Å². The lowest BCUT2D eigenvalue weighted by Crippen LogP contribution is -2.35. The summed E-state index contributed by atoms with van der Waals surface area (Å²) < 4.78 is 0. The van der Waals surface area contributed by atoms with Gasteiger partial charge in [-0.1, -0.05) is 0 Å². The first kappa shape index (κ1) is 11.0. The maximum absolute atomic E-state index is 4.44. The number of nitrogens with zero attached hydrogens (tertiary/aromatic N) is 2. The van der Waals surface area contributed by atoms with Gasteiger partial charge in [-0.2, -0.15) is 0 Å². The highest BCUT2D eigenvalue weighted by molar-refractivity contribution is 7.09. The first-order valence-electron chi connectivity index (χ1n) is 5.57. The van der Waals surface area contributed by atoms with Crippen LogP contribution in [0.4, 0.5) is 0 Å². The summed E-state index contributed by atoms with van der Waals surface area (Å²) in [5.74, 6) is 0. The van der Waals surface area contributed by atoms with Gasteiger partial charge < -0.3 is 10.2 Å². The van der Waals surface area contributed by atoms with E-state index in [4.69, 9.17) is 0 Å². The zero-order chi connectivity index (χ0) is 10.7. The minimum absolute atomic E-state index is 0.728. The molecule has 2 rings (SSSR count). The fourth-order valence-corrected chi connectivity index (χ4v) is 2.81. The maximum Gasteiger partial charge on any atom is 0.107 e. The number of aromatic nitrogens is 1. The zero-order valence-electron chi connectivity index (χ0n) is 9.49. The molecule has 1 N–H and O–H groups in total. The number of nitrogens with one attached hydrogen (secondary N) is 1. The molecule has 1 saturated heterocycles. The maximum atomic E-state index is 4.44. The third kappa shape index (κ3) is 3.00. The minimum atomic E-state index is 0.728. The van der Waals surface area contributed by atoms with Gasteiger partial charge in [0.15, 0.2) is 0 Å². The molecule has 1 aliphatic rings. The Morgan fingerprint density at radius 1 is 1.67 bits per heavy atom. The number of rotatable bonds is 4. The van der Waals surface area contributed by atoms with Gasteiger partial charge in [-0.15, -0.1) is 11.3 Å². The normalized spacial score (nSPS) is 22.4. The molecule has 3 nitrogen and oxygen atoms in total. The zero-order valence-corrected chi connectivity index (χ0v) is 10.3. The Kier molecular flexibility index (Phi) is 3.72. The van der Waals surface area contributed by atoms with E-state index in [2.05, 4.69) is 27.6 Å². The molecular weight excluding hydrogens is 206 g/mol. The Morgan fingerprint density at radius 2 is 2.53 bits per heavy atom. The minimum Gasteiger partial charge on any atom is -0.309 e. The summed E-state index contributed by atoms with van der Waals surface area (Å²) in [5, 5.41) is 6.81. The summed E-state index contributed by atoms with van der Waals surface area (Å²) in [6.07, 6.45) is 2.68. The van der Waals surface area contributed by atoms with Gasteiger partial charge in [0.1, 0.15) is 5.01 Å². The molecular formula is C11H19N3S. The lowest BCUT2D eigenvalue weighted by atomic mass is 10.2. The third-order valence-corrected chi connectivity index (χ3v) is 3.96. The molecule has 1 aromatic rings. The Bertz CT molecular complexity index is 311. The number of hydrogen-bond acceptors (Lipinski definition) is 4. The predicted molar refractivity (Wildman–Crippen MR) is 64.2 cm³/mol. The highest BCUT2D eigenvalue weighted by atomic mass is 32.1. The van der Waals surface area contributed by atoms with Gasteiger partial charge in [-0.3, -0.25) is 0 Å². The Morgan fingerprint density at radius 3 is 3.13 bits per heavy atom. The smallest absolute Gasteiger partial charge is 0.107 e. The van der Waals surface area contributed by atoms with Gasteiger partial charge in [0.2, 0.25) is 0 Å². The number of thiazole rings is 1. The Balaban J connectivity index is 1.70. The molecule has 0 bridgehead atoms. The van der Waals surface area contributed by atoms with Crippen LogP contribution in [-0.2, 0) is 6.54 Å². The summed E-state index contributed by atoms with van der Waals surface area (Å²) in [6, 6.07) is 0.728. The quantitative estimate of drug-likeness (QED) is 0.844. The second-order valence-corrected chi connectivity index (χ2v) is 5.23. The highest BCUT2D eigenvalue weighted by Gasteiger charge is 2.19. The largest absolute Gasteiger partial charge is 0.309 e. The molecule has 84 valence electrons. The second kappa shape index (κ2) is 5.05. The van der Waals surface area contributed by atoms with Crippen molar-refractivity contribution in [2.24, 2.45) is 0 Å². The molecule has 0 spiro atoms. The highest BCUT2D eigenvalue weighted by Crippen LogP contribution is 2.14. The van der Waals surface area contributed by atoms with Gasteiger partial charge in [-0.05, 0) is 33.4 Å². The van der Waals surface area contributed by atoms with Crippen LogP contribution in [0.15, 0.2) is 5.38 Å². The van der Waals surface area contributed by atoms with E-state index >= 15 is 0 Å². The molecule has 1 aliphatic heterocycles. The first-order chi connectivity index (χ1) is 7.25. The van der Waals surface area contributed by atoms with Crippen LogP contribution >= 0.6 is 11.3 Å². The van der Waals surface area contributed by atoms with E-state index in [1.54, 1.807) is 11.3 Å². The number of likely N-dealkylation sites (N-methyl/N-ethyl adjacent to an activating group) is 1. The molecule has 0 radical (unpaired) electrons. The monoisotopic (exact) mass is 225 g/mol. The fraction of sp³-hybridized carbons (Fsp3) is 0.727. The van der Waals surface area contributed by atoms with Crippen molar-refractivity contribution in [1.29, 1.82) is 0 Å². The summed E-state index contributed by atoms with van der Waals surface area (Å²) in [6.45, 7) is 5.31. The molecule has 1 atom stereocenters. The van der Waals surface area contributed by atoms with E-state index < -0.39 is 0 Å². The van der Waals surface area contributed by atoms with E-state index in [0.717, 1.165) is 24.8 Å². The number of hydrogen-bond donors (Lipinski definition) is 1. The molecule has 1 aromatic heterocycles. The lowest BCUT2D eigenvalue weighted by Gasteiger charge is -2.19. The summed E-state index contributed by atoms with van der Waals surface area (Å²) in [4.78, 5) is 6.88. The van der Waals surface area contributed by atoms with Crippen molar-refractivity contribution in [1.82, 2.24) is 15.2 Å². The number of aryl methyl sites for hydroxylation is 1. The van der Waals surface area contributed by atoms with E-state index in [9.17, 15) is 0 Å². The molecule has 2 heterocycles. The Hall–Kier alpha value is -0.450.